The number of hydrogen-bond acceptors (Lipinski definition) is 13. The quantitative estimate of drug-likeness (QED) is 0.0204. The Balaban J connectivity index is 1.65. The Labute approximate surface area is 467 Å². The normalized spacial score (nSPS) is 25.0. The molecular formula is C63H115NO13. The number of ether oxygens (including phenoxy) is 4. The van der Waals surface area contributed by atoms with E-state index in [1.54, 1.807) is 6.08 Å². The van der Waals surface area contributed by atoms with Gasteiger partial charge in [0.15, 0.2) is 12.6 Å². The van der Waals surface area contributed by atoms with Gasteiger partial charge in [-0.05, 0) is 57.8 Å². The fourth-order valence-electron chi connectivity index (χ4n) is 10.2. The average Bonchev–Trinajstić information content (AvgIpc) is 3.43. The van der Waals surface area contributed by atoms with Gasteiger partial charge in [-0.2, -0.15) is 0 Å². The summed E-state index contributed by atoms with van der Waals surface area (Å²) in [6.45, 7) is 2.78. The van der Waals surface area contributed by atoms with Crippen molar-refractivity contribution in [2.24, 2.45) is 0 Å². The zero-order chi connectivity index (χ0) is 56.0. The minimum atomic E-state index is -1.79. The van der Waals surface area contributed by atoms with Gasteiger partial charge in [-0.15, -0.1) is 0 Å². The number of aliphatic hydroxyl groups is 8. The molecule has 12 unspecified atom stereocenters. The van der Waals surface area contributed by atoms with Gasteiger partial charge in [0.25, 0.3) is 0 Å². The molecule has 0 aromatic rings. The average molecular weight is 1090 g/mol. The van der Waals surface area contributed by atoms with Crippen LogP contribution >= 0.6 is 0 Å². The van der Waals surface area contributed by atoms with E-state index in [4.69, 9.17) is 18.9 Å². The number of aliphatic hydroxyl groups excluding tert-OH is 8. The zero-order valence-corrected chi connectivity index (χ0v) is 48.5. The molecule has 2 aliphatic rings. The van der Waals surface area contributed by atoms with Crippen LogP contribution < -0.4 is 5.32 Å². The number of nitrogens with one attached hydrogen (secondary N) is 1. The van der Waals surface area contributed by atoms with Crippen LogP contribution in [-0.2, 0) is 23.7 Å². The van der Waals surface area contributed by atoms with Crippen molar-refractivity contribution in [3.8, 4) is 0 Å². The van der Waals surface area contributed by atoms with E-state index in [0.29, 0.717) is 6.42 Å². The van der Waals surface area contributed by atoms with Crippen molar-refractivity contribution in [2.75, 3.05) is 19.8 Å². The van der Waals surface area contributed by atoms with Crippen molar-refractivity contribution >= 4 is 5.91 Å². The highest BCUT2D eigenvalue weighted by Gasteiger charge is 2.51. The van der Waals surface area contributed by atoms with Crippen LogP contribution in [0, 0.1) is 0 Å². The molecule has 0 aliphatic carbocycles. The van der Waals surface area contributed by atoms with Gasteiger partial charge in [-0.1, -0.05) is 236 Å². The van der Waals surface area contributed by atoms with E-state index in [2.05, 4.69) is 55.6 Å². The van der Waals surface area contributed by atoms with E-state index in [1.807, 2.05) is 6.08 Å². The summed E-state index contributed by atoms with van der Waals surface area (Å²) in [5.41, 5.74) is 0. The Morgan fingerprint density at radius 1 is 0.468 bits per heavy atom. The van der Waals surface area contributed by atoms with Gasteiger partial charge in [-0.3, -0.25) is 4.79 Å². The fraction of sp³-hybridized carbons (Fsp3) is 0.857. The number of hydrogen-bond donors (Lipinski definition) is 9. The van der Waals surface area contributed by atoms with Gasteiger partial charge in [-0.25, -0.2) is 0 Å². The third-order valence-corrected chi connectivity index (χ3v) is 15.3. The molecule has 450 valence electrons. The van der Waals surface area contributed by atoms with Crippen molar-refractivity contribution in [3.63, 3.8) is 0 Å². The number of rotatable bonds is 50. The zero-order valence-electron chi connectivity index (χ0n) is 48.5. The first-order valence-electron chi connectivity index (χ1n) is 31.4. The molecule has 0 spiro atoms. The molecule has 14 nitrogen and oxygen atoms in total. The number of allylic oxidation sites excluding steroid dienone is 7. The Morgan fingerprint density at radius 2 is 0.857 bits per heavy atom. The highest BCUT2D eigenvalue weighted by Crippen LogP contribution is 2.30. The lowest BCUT2D eigenvalue weighted by atomic mass is 9.97. The molecule has 0 aromatic heterocycles. The van der Waals surface area contributed by atoms with Crippen LogP contribution in [0.3, 0.4) is 0 Å². The molecule has 2 heterocycles. The monoisotopic (exact) mass is 1090 g/mol. The van der Waals surface area contributed by atoms with Crippen molar-refractivity contribution in [3.05, 3.63) is 48.6 Å². The third kappa shape index (κ3) is 34.1. The first kappa shape index (κ1) is 71.1. The largest absolute Gasteiger partial charge is 0.394 e. The van der Waals surface area contributed by atoms with Gasteiger partial charge in [0.2, 0.25) is 5.91 Å². The van der Waals surface area contributed by atoms with Crippen LogP contribution in [0.25, 0.3) is 0 Å². The summed E-state index contributed by atoms with van der Waals surface area (Å²) in [4.78, 5) is 13.2. The molecule has 2 rings (SSSR count). The lowest BCUT2D eigenvalue weighted by Gasteiger charge is -2.46. The minimum absolute atomic E-state index is 0.239. The Kier molecular flexibility index (Phi) is 44.9. The van der Waals surface area contributed by atoms with E-state index in [9.17, 15) is 45.6 Å². The second kappa shape index (κ2) is 48.6. The molecule has 0 saturated carbocycles. The molecule has 14 heteroatoms. The van der Waals surface area contributed by atoms with E-state index < -0.39 is 86.8 Å². The maximum Gasteiger partial charge on any atom is 0.220 e. The van der Waals surface area contributed by atoms with Gasteiger partial charge in [0, 0.05) is 6.42 Å². The number of carbonyl (C=O) groups excluding carboxylic acids is 1. The van der Waals surface area contributed by atoms with E-state index in [0.717, 1.165) is 51.4 Å². The summed E-state index contributed by atoms with van der Waals surface area (Å²) in [6, 6.07) is -0.914. The maximum absolute atomic E-state index is 13.2. The van der Waals surface area contributed by atoms with Crippen LogP contribution in [0.1, 0.15) is 251 Å². The second-order valence-corrected chi connectivity index (χ2v) is 22.2. The number of amides is 1. The standard InChI is InChI=1S/C63H115NO13/c1-3-5-7-9-11-13-15-17-18-19-20-21-22-23-24-25-26-27-28-29-30-31-32-33-34-35-37-39-41-43-45-47-55(68)64-51(52(67)46-44-42-40-38-36-16-14-12-10-8-6-4-2)50-74-62-60(73)58(71)61(54(49-66)76-62)77-63-59(72)57(70)56(69)53(48-65)75-63/h15,17,19-20,22-23,44,46,51-54,56-63,65-67,69-73H,3-14,16,18,21,24-43,45,47-50H2,1-2H3,(H,64,68)/b17-15-,20-19-,23-22-,46-44+. The summed E-state index contributed by atoms with van der Waals surface area (Å²) >= 11 is 0. The summed E-state index contributed by atoms with van der Waals surface area (Å²) < 4.78 is 22.8. The van der Waals surface area contributed by atoms with Crippen LogP contribution in [-0.4, -0.2) is 140 Å². The molecule has 12 atom stereocenters. The molecule has 1 amide bonds. The predicted octanol–water partition coefficient (Wildman–Crippen LogP) is 11.2. The molecule has 9 N–H and O–H groups in total. The van der Waals surface area contributed by atoms with Gasteiger partial charge < -0.3 is 65.1 Å². The van der Waals surface area contributed by atoms with E-state index in [1.165, 1.54) is 173 Å². The molecule has 0 bridgehead atoms. The highest BCUT2D eigenvalue weighted by molar-refractivity contribution is 5.76. The molecule has 2 fully saturated rings. The first-order chi connectivity index (χ1) is 37.6. The third-order valence-electron chi connectivity index (χ3n) is 15.3. The molecule has 77 heavy (non-hydrogen) atoms. The van der Waals surface area contributed by atoms with Crippen molar-refractivity contribution in [1.82, 2.24) is 5.32 Å². The maximum atomic E-state index is 13.2. The van der Waals surface area contributed by atoms with Crippen molar-refractivity contribution in [2.45, 2.75) is 325 Å². The van der Waals surface area contributed by atoms with Gasteiger partial charge in [0.1, 0.15) is 48.8 Å². The number of carbonyl (C=O) groups is 1. The van der Waals surface area contributed by atoms with Gasteiger partial charge in [0.05, 0.1) is 32.0 Å². The topological polar surface area (TPSA) is 228 Å². The molecular weight excluding hydrogens is 979 g/mol. The Hall–Kier alpha value is -2.05. The Morgan fingerprint density at radius 3 is 1.31 bits per heavy atom. The lowest BCUT2D eigenvalue weighted by molar-refractivity contribution is -0.359. The molecule has 2 saturated heterocycles. The van der Waals surface area contributed by atoms with Crippen LogP contribution in [0.5, 0.6) is 0 Å². The summed E-state index contributed by atoms with van der Waals surface area (Å²) in [5.74, 6) is -0.239. The minimum Gasteiger partial charge on any atom is -0.394 e. The van der Waals surface area contributed by atoms with Crippen LogP contribution in [0.2, 0.25) is 0 Å². The lowest BCUT2D eigenvalue weighted by Crippen LogP contribution is -2.65. The van der Waals surface area contributed by atoms with Crippen LogP contribution in [0.15, 0.2) is 48.6 Å². The first-order valence-corrected chi connectivity index (χ1v) is 31.4. The van der Waals surface area contributed by atoms with Crippen LogP contribution in [0.4, 0.5) is 0 Å². The fourth-order valence-corrected chi connectivity index (χ4v) is 10.2. The summed E-state index contributed by atoms with van der Waals surface area (Å²) in [5, 5.41) is 87.0. The smallest absolute Gasteiger partial charge is 0.220 e. The summed E-state index contributed by atoms with van der Waals surface area (Å²) in [6.07, 6.45) is 44.5. The summed E-state index contributed by atoms with van der Waals surface area (Å²) in [7, 11) is 0. The Bertz CT molecular complexity index is 1480. The predicted molar refractivity (Wildman–Crippen MR) is 309 cm³/mol. The second-order valence-electron chi connectivity index (χ2n) is 22.2. The number of unbranched alkanes of at least 4 members (excludes halogenated alkanes) is 31. The van der Waals surface area contributed by atoms with Crippen molar-refractivity contribution in [1.29, 1.82) is 0 Å². The molecule has 0 aromatic carbocycles. The van der Waals surface area contributed by atoms with E-state index in [-0.39, 0.29) is 18.9 Å². The highest BCUT2D eigenvalue weighted by atomic mass is 16.7. The van der Waals surface area contributed by atoms with E-state index >= 15 is 0 Å². The molecule has 0 radical (unpaired) electrons. The molecule has 2 aliphatic heterocycles. The van der Waals surface area contributed by atoms with Gasteiger partial charge >= 0.3 is 0 Å². The van der Waals surface area contributed by atoms with Crippen molar-refractivity contribution < 1.29 is 64.6 Å². The SMILES string of the molecule is CCCCCCC/C=C\C/C=C\C/C=C\CCCCCCCCCCCCCCCCCCC(=O)NC(COC1OC(CO)C(OC2OC(CO)C(O)C(O)C2O)C(O)C1O)C(O)/C=C/CCCCCCCCCCCC.